The van der Waals surface area contributed by atoms with E-state index < -0.39 is 0 Å². The van der Waals surface area contributed by atoms with Crippen molar-refractivity contribution >= 4 is 0 Å². The van der Waals surface area contributed by atoms with Gasteiger partial charge in [-0.05, 0) is 43.4 Å². The van der Waals surface area contributed by atoms with Gasteiger partial charge in [-0.1, -0.05) is 63.3 Å². The predicted molar refractivity (Wildman–Crippen MR) is 83.4 cm³/mol. The van der Waals surface area contributed by atoms with Crippen LogP contribution >= 0.6 is 0 Å². The van der Waals surface area contributed by atoms with Crippen molar-refractivity contribution in [3.63, 3.8) is 0 Å². The number of unbranched alkanes of at least 4 members (excludes halogenated alkanes) is 4. The van der Waals surface area contributed by atoms with Crippen molar-refractivity contribution in [2.45, 2.75) is 64.3 Å². The Labute approximate surface area is 118 Å². The molecule has 106 valence electrons. The average Bonchev–Trinajstić information content (AvgIpc) is 2.46. The maximum absolute atomic E-state index is 3.56. The highest BCUT2D eigenvalue weighted by molar-refractivity contribution is 5.32. The van der Waals surface area contributed by atoms with Gasteiger partial charge in [0.2, 0.25) is 0 Å². The molecule has 0 saturated carbocycles. The van der Waals surface area contributed by atoms with Crippen LogP contribution in [-0.2, 0) is 6.42 Å². The number of aryl methyl sites for hydroxylation is 1. The Morgan fingerprint density at radius 3 is 2.68 bits per heavy atom. The van der Waals surface area contributed by atoms with Gasteiger partial charge >= 0.3 is 0 Å². The van der Waals surface area contributed by atoms with Crippen molar-refractivity contribution in [3.8, 4) is 0 Å². The van der Waals surface area contributed by atoms with Crippen molar-refractivity contribution in [1.82, 2.24) is 5.32 Å². The van der Waals surface area contributed by atoms with E-state index in [1.54, 1.807) is 11.1 Å². The lowest BCUT2D eigenvalue weighted by molar-refractivity contribution is 0.307. The molecule has 0 spiro atoms. The normalized spacial score (nSPS) is 22.2. The summed E-state index contributed by atoms with van der Waals surface area (Å²) >= 11 is 0. The summed E-state index contributed by atoms with van der Waals surface area (Å²) in [6.45, 7) is 2.29. The second kappa shape index (κ2) is 7.69. The average molecular weight is 259 g/mol. The monoisotopic (exact) mass is 259 g/mol. The number of rotatable bonds is 7. The Balaban J connectivity index is 1.88. The van der Waals surface area contributed by atoms with Crippen molar-refractivity contribution < 1.29 is 0 Å². The number of benzene rings is 1. The third-order valence-corrected chi connectivity index (χ3v) is 4.64. The van der Waals surface area contributed by atoms with Crippen LogP contribution in [0.4, 0.5) is 0 Å². The predicted octanol–water partition coefficient (Wildman–Crippen LogP) is 4.87. The summed E-state index contributed by atoms with van der Waals surface area (Å²) in [6, 6.07) is 9.57. The van der Waals surface area contributed by atoms with Crippen molar-refractivity contribution in [2.24, 2.45) is 5.92 Å². The largest absolute Gasteiger partial charge is 0.313 e. The molecule has 2 rings (SSSR count). The first-order valence-electron chi connectivity index (χ1n) is 8.12. The highest BCUT2D eigenvalue weighted by Crippen LogP contribution is 2.36. The summed E-state index contributed by atoms with van der Waals surface area (Å²) in [5, 5.41) is 3.56. The van der Waals surface area contributed by atoms with E-state index in [1.165, 1.54) is 51.4 Å². The number of nitrogens with one attached hydrogen (secondary N) is 1. The van der Waals surface area contributed by atoms with E-state index in [0.29, 0.717) is 6.04 Å². The van der Waals surface area contributed by atoms with Gasteiger partial charge in [0.15, 0.2) is 0 Å². The lowest BCUT2D eigenvalue weighted by Crippen LogP contribution is -2.30. The van der Waals surface area contributed by atoms with Crippen LogP contribution in [0.1, 0.15) is 69.0 Å². The fourth-order valence-corrected chi connectivity index (χ4v) is 3.54. The molecule has 0 radical (unpaired) electrons. The summed E-state index contributed by atoms with van der Waals surface area (Å²) in [7, 11) is 2.12. The maximum Gasteiger partial charge on any atom is 0.0349 e. The second-order valence-electron chi connectivity index (χ2n) is 5.97. The molecule has 0 fully saturated rings. The lowest BCUT2D eigenvalue weighted by Gasteiger charge is -2.33. The molecule has 0 aliphatic heterocycles. The van der Waals surface area contributed by atoms with Gasteiger partial charge in [-0.15, -0.1) is 0 Å². The molecule has 1 nitrogen and oxygen atoms in total. The number of hydrogen-bond donors (Lipinski definition) is 1. The van der Waals surface area contributed by atoms with Crippen LogP contribution in [0.25, 0.3) is 0 Å². The molecular weight excluding hydrogens is 230 g/mol. The van der Waals surface area contributed by atoms with Gasteiger partial charge in [0.1, 0.15) is 0 Å². The highest BCUT2D eigenvalue weighted by atomic mass is 14.9. The Bertz CT molecular complexity index is 372. The zero-order valence-electron chi connectivity index (χ0n) is 12.6. The molecule has 0 saturated heterocycles. The molecule has 2 atom stereocenters. The van der Waals surface area contributed by atoms with Gasteiger partial charge in [0.25, 0.3) is 0 Å². The third-order valence-electron chi connectivity index (χ3n) is 4.64. The highest BCUT2D eigenvalue weighted by Gasteiger charge is 2.27. The van der Waals surface area contributed by atoms with Crippen LogP contribution in [-0.4, -0.2) is 7.05 Å². The first-order chi connectivity index (χ1) is 9.36. The summed E-state index contributed by atoms with van der Waals surface area (Å²) in [4.78, 5) is 0. The van der Waals surface area contributed by atoms with Crippen LogP contribution in [0.2, 0.25) is 0 Å². The molecule has 1 aromatic rings. The fourth-order valence-electron chi connectivity index (χ4n) is 3.54. The second-order valence-corrected chi connectivity index (χ2v) is 5.97. The van der Waals surface area contributed by atoms with Crippen LogP contribution < -0.4 is 5.32 Å². The number of hydrogen-bond acceptors (Lipinski definition) is 1. The summed E-state index contributed by atoms with van der Waals surface area (Å²) in [5.41, 5.74) is 3.11. The molecule has 0 heterocycles. The fraction of sp³-hybridized carbons (Fsp3) is 0.667. The molecule has 1 heteroatoms. The maximum atomic E-state index is 3.56. The molecule has 1 aliphatic rings. The standard InChI is InChI=1S/C18H29N/c1-3-4-5-6-7-11-16-14-13-15-10-8-9-12-17(15)18(16)19-2/h8-10,12,16,18-19H,3-7,11,13-14H2,1-2H3. The van der Waals surface area contributed by atoms with Gasteiger partial charge in [0.05, 0.1) is 0 Å². The Morgan fingerprint density at radius 2 is 1.89 bits per heavy atom. The molecule has 2 unspecified atom stereocenters. The first-order valence-corrected chi connectivity index (χ1v) is 8.12. The molecule has 1 N–H and O–H groups in total. The Kier molecular flexibility index (Phi) is 5.91. The SMILES string of the molecule is CCCCCCCC1CCc2ccccc2C1NC. The van der Waals surface area contributed by atoms with Crippen molar-refractivity contribution in [1.29, 1.82) is 0 Å². The zero-order valence-corrected chi connectivity index (χ0v) is 12.6. The summed E-state index contributed by atoms with van der Waals surface area (Å²) in [5.74, 6) is 0.835. The van der Waals surface area contributed by atoms with Crippen LogP contribution in [0.3, 0.4) is 0 Å². The van der Waals surface area contributed by atoms with Gasteiger partial charge < -0.3 is 5.32 Å². The quantitative estimate of drug-likeness (QED) is 0.689. The van der Waals surface area contributed by atoms with E-state index >= 15 is 0 Å². The smallest absolute Gasteiger partial charge is 0.0349 e. The lowest BCUT2D eigenvalue weighted by atomic mass is 9.77. The molecule has 1 aromatic carbocycles. The van der Waals surface area contributed by atoms with E-state index in [4.69, 9.17) is 0 Å². The van der Waals surface area contributed by atoms with Crippen LogP contribution in [0.15, 0.2) is 24.3 Å². The van der Waals surface area contributed by atoms with Gasteiger partial charge in [-0.25, -0.2) is 0 Å². The Morgan fingerprint density at radius 1 is 1.11 bits per heavy atom. The Hall–Kier alpha value is -0.820. The summed E-state index contributed by atoms with van der Waals surface area (Å²) in [6.07, 6.45) is 11.0. The molecule has 1 aliphatic carbocycles. The molecule has 0 bridgehead atoms. The molecule has 19 heavy (non-hydrogen) atoms. The van der Waals surface area contributed by atoms with E-state index in [1.807, 2.05) is 0 Å². The molecular formula is C18H29N. The van der Waals surface area contributed by atoms with Crippen LogP contribution in [0.5, 0.6) is 0 Å². The zero-order chi connectivity index (χ0) is 13.5. The molecule has 0 aromatic heterocycles. The minimum Gasteiger partial charge on any atom is -0.313 e. The van der Waals surface area contributed by atoms with E-state index in [0.717, 1.165) is 5.92 Å². The molecule has 0 amide bonds. The van der Waals surface area contributed by atoms with E-state index in [2.05, 4.69) is 43.6 Å². The minimum atomic E-state index is 0.580. The topological polar surface area (TPSA) is 12.0 Å². The van der Waals surface area contributed by atoms with Crippen molar-refractivity contribution in [3.05, 3.63) is 35.4 Å². The van der Waals surface area contributed by atoms with E-state index in [9.17, 15) is 0 Å². The summed E-state index contributed by atoms with van der Waals surface area (Å²) < 4.78 is 0. The van der Waals surface area contributed by atoms with Gasteiger partial charge in [0, 0.05) is 6.04 Å². The minimum absolute atomic E-state index is 0.580. The van der Waals surface area contributed by atoms with E-state index in [-0.39, 0.29) is 0 Å². The van der Waals surface area contributed by atoms with Crippen molar-refractivity contribution in [2.75, 3.05) is 7.05 Å². The van der Waals surface area contributed by atoms with Crippen LogP contribution in [0, 0.1) is 5.92 Å². The van der Waals surface area contributed by atoms with Gasteiger partial charge in [-0.3, -0.25) is 0 Å². The first kappa shape index (κ1) is 14.6. The number of fused-ring (bicyclic) bond motifs is 1. The third kappa shape index (κ3) is 3.82. The van der Waals surface area contributed by atoms with Gasteiger partial charge in [-0.2, -0.15) is 0 Å².